The van der Waals surface area contributed by atoms with Crippen LogP contribution in [0.1, 0.15) is 13.3 Å². The first kappa shape index (κ1) is 15.7. The molecule has 23 heavy (non-hydrogen) atoms. The van der Waals surface area contributed by atoms with E-state index in [4.69, 9.17) is 0 Å². The molecule has 1 aromatic carbocycles. The first-order valence-corrected chi connectivity index (χ1v) is 9.07. The molecule has 1 N–H and O–H groups in total. The Labute approximate surface area is 133 Å². The minimum absolute atomic E-state index is 0.0674. The lowest BCUT2D eigenvalue weighted by molar-refractivity contribution is -0.123. The van der Waals surface area contributed by atoms with Gasteiger partial charge in [0.15, 0.2) is 9.84 Å². The molecule has 0 radical (unpaired) electrons. The van der Waals surface area contributed by atoms with Crippen LogP contribution in [0.15, 0.2) is 35.3 Å². The van der Waals surface area contributed by atoms with Gasteiger partial charge in [-0.1, -0.05) is 18.2 Å². The Morgan fingerprint density at radius 2 is 2.13 bits per heavy atom. The molecule has 1 saturated heterocycles. The highest BCUT2D eigenvalue weighted by Gasteiger charge is 2.39. The van der Waals surface area contributed by atoms with Crippen LogP contribution < -0.4 is 10.9 Å². The van der Waals surface area contributed by atoms with E-state index in [9.17, 15) is 18.0 Å². The van der Waals surface area contributed by atoms with Gasteiger partial charge in [-0.3, -0.25) is 9.59 Å². The molecule has 1 amide bonds. The minimum Gasteiger partial charge on any atom is -0.348 e. The van der Waals surface area contributed by atoms with Crippen LogP contribution in [0.2, 0.25) is 0 Å². The van der Waals surface area contributed by atoms with Crippen molar-refractivity contribution in [2.45, 2.75) is 25.4 Å². The van der Waals surface area contributed by atoms with E-state index in [1.165, 1.54) is 6.20 Å². The molecule has 1 atom stereocenters. The van der Waals surface area contributed by atoms with Crippen LogP contribution >= 0.6 is 0 Å². The Kier molecular flexibility index (Phi) is 3.71. The van der Waals surface area contributed by atoms with Gasteiger partial charge in [-0.15, -0.1) is 0 Å². The first-order chi connectivity index (χ1) is 10.8. The predicted octanol–water partition coefficient (Wildman–Crippen LogP) is 0.0899. The van der Waals surface area contributed by atoms with Gasteiger partial charge in [0.05, 0.1) is 28.6 Å². The summed E-state index contributed by atoms with van der Waals surface area (Å²) in [6.07, 6.45) is 1.91. The summed E-state index contributed by atoms with van der Waals surface area (Å²) in [7, 11) is -3.11. The molecule has 7 nitrogen and oxygen atoms in total. The van der Waals surface area contributed by atoms with Crippen LogP contribution in [0, 0.1) is 0 Å². The lowest BCUT2D eigenvalue weighted by Crippen LogP contribution is -2.48. The average molecular weight is 335 g/mol. The monoisotopic (exact) mass is 335 g/mol. The summed E-state index contributed by atoms with van der Waals surface area (Å²) < 4.78 is 24.2. The van der Waals surface area contributed by atoms with E-state index in [1.54, 1.807) is 25.1 Å². The van der Waals surface area contributed by atoms with Crippen LogP contribution in [0.5, 0.6) is 0 Å². The zero-order valence-electron chi connectivity index (χ0n) is 12.7. The van der Waals surface area contributed by atoms with Gasteiger partial charge in [-0.2, -0.15) is 5.10 Å². The van der Waals surface area contributed by atoms with E-state index in [0.29, 0.717) is 17.2 Å². The highest BCUT2D eigenvalue weighted by Crippen LogP contribution is 2.22. The normalized spacial score (nSPS) is 23.0. The van der Waals surface area contributed by atoms with E-state index >= 15 is 0 Å². The van der Waals surface area contributed by atoms with Crippen LogP contribution in [0.25, 0.3) is 10.8 Å². The molecular weight excluding hydrogens is 318 g/mol. The molecule has 3 rings (SSSR count). The van der Waals surface area contributed by atoms with E-state index in [2.05, 4.69) is 10.4 Å². The van der Waals surface area contributed by atoms with Crippen LogP contribution in [-0.4, -0.2) is 41.2 Å². The van der Waals surface area contributed by atoms with Crippen molar-refractivity contribution in [1.82, 2.24) is 15.1 Å². The third-order valence-corrected chi connectivity index (χ3v) is 5.90. The fraction of sp³-hybridized carbons (Fsp3) is 0.400. The second-order valence-corrected chi connectivity index (χ2v) is 8.33. The number of sulfone groups is 1. The Hall–Kier alpha value is -2.22. The second-order valence-electron chi connectivity index (χ2n) is 6.15. The standard InChI is InChI=1S/C15H17N3O4S/c1-15(6-7-23(21,22)10-15)17-13(19)9-18-14(20)12-5-3-2-4-11(12)8-16-18/h2-5,8H,6-7,9-10H2,1H3,(H,17,19). The van der Waals surface area contributed by atoms with Gasteiger partial charge in [0.25, 0.3) is 5.56 Å². The SMILES string of the molecule is CC1(NC(=O)Cn2ncc3ccccc3c2=O)CCS(=O)(=O)C1. The van der Waals surface area contributed by atoms with Crippen molar-refractivity contribution < 1.29 is 13.2 Å². The lowest BCUT2D eigenvalue weighted by atomic mass is 10.0. The number of benzene rings is 1. The maximum atomic E-state index is 12.3. The number of aromatic nitrogens is 2. The molecule has 0 bridgehead atoms. The van der Waals surface area contributed by atoms with Gasteiger partial charge in [0.2, 0.25) is 5.91 Å². The highest BCUT2D eigenvalue weighted by atomic mass is 32.2. The summed E-state index contributed by atoms with van der Waals surface area (Å²) in [6.45, 7) is 1.46. The van der Waals surface area contributed by atoms with Crippen LogP contribution in [0.3, 0.4) is 0 Å². The van der Waals surface area contributed by atoms with Gasteiger partial charge in [-0.25, -0.2) is 13.1 Å². The van der Waals surface area contributed by atoms with Crippen molar-refractivity contribution >= 4 is 26.5 Å². The van der Waals surface area contributed by atoms with Gasteiger partial charge in [-0.05, 0) is 19.4 Å². The number of amides is 1. The highest BCUT2D eigenvalue weighted by molar-refractivity contribution is 7.91. The molecule has 0 saturated carbocycles. The zero-order valence-corrected chi connectivity index (χ0v) is 13.5. The van der Waals surface area contributed by atoms with Gasteiger partial charge in [0.1, 0.15) is 6.54 Å². The van der Waals surface area contributed by atoms with E-state index < -0.39 is 21.3 Å². The topological polar surface area (TPSA) is 98.1 Å². The van der Waals surface area contributed by atoms with Crippen molar-refractivity contribution in [2.75, 3.05) is 11.5 Å². The fourth-order valence-corrected chi connectivity index (χ4v) is 4.95. The zero-order chi connectivity index (χ0) is 16.7. The number of hydrogen-bond acceptors (Lipinski definition) is 5. The van der Waals surface area contributed by atoms with Crippen molar-refractivity contribution in [3.63, 3.8) is 0 Å². The summed E-state index contributed by atoms with van der Waals surface area (Å²) in [5.41, 5.74) is -1.13. The molecule has 1 aromatic heterocycles. The van der Waals surface area contributed by atoms with E-state index in [-0.39, 0.29) is 23.6 Å². The summed E-state index contributed by atoms with van der Waals surface area (Å²) in [5.74, 6) is -0.432. The fourth-order valence-electron chi connectivity index (χ4n) is 2.86. The molecule has 2 aromatic rings. The third kappa shape index (κ3) is 3.26. The number of carbonyl (C=O) groups excluding carboxylic acids is 1. The Morgan fingerprint density at radius 3 is 2.83 bits per heavy atom. The number of carbonyl (C=O) groups is 1. The van der Waals surface area contributed by atoms with Gasteiger partial charge in [0, 0.05) is 5.39 Å². The maximum Gasteiger partial charge on any atom is 0.275 e. The number of nitrogens with zero attached hydrogens (tertiary/aromatic N) is 2. The summed E-state index contributed by atoms with van der Waals surface area (Å²) in [6, 6.07) is 7.01. The Morgan fingerprint density at radius 1 is 1.39 bits per heavy atom. The molecule has 1 fully saturated rings. The number of hydrogen-bond donors (Lipinski definition) is 1. The van der Waals surface area contributed by atoms with Gasteiger partial charge < -0.3 is 5.32 Å². The smallest absolute Gasteiger partial charge is 0.275 e. The largest absolute Gasteiger partial charge is 0.348 e. The molecule has 1 aliphatic rings. The summed E-state index contributed by atoms with van der Waals surface area (Å²) in [5, 5.41) is 7.92. The molecule has 2 heterocycles. The molecule has 8 heteroatoms. The number of nitrogens with one attached hydrogen (secondary N) is 1. The summed E-state index contributed by atoms with van der Waals surface area (Å²) in [4.78, 5) is 24.5. The Balaban J connectivity index is 1.79. The van der Waals surface area contributed by atoms with Crippen molar-refractivity contribution in [2.24, 2.45) is 0 Å². The van der Waals surface area contributed by atoms with Crippen molar-refractivity contribution in [3.8, 4) is 0 Å². The second kappa shape index (κ2) is 5.45. The Bertz CT molecular complexity index is 935. The van der Waals surface area contributed by atoms with Gasteiger partial charge >= 0.3 is 0 Å². The number of fused-ring (bicyclic) bond motifs is 1. The molecule has 1 unspecified atom stereocenters. The molecule has 122 valence electrons. The minimum atomic E-state index is -3.11. The molecule has 0 aliphatic carbocycles. The van der Waals surface area contributed by atoms with Crippen molar-refractivity contribution in [3.05, 3.63) is 40.8 Å². The predicted molar refractivity (Wildman–Crippen MR) is 85.8 cm³/mol. The van der Waals surface area contributed by atoms with Crippen molar-refractivity contribution in [1.29, 1.82) is 0 Å². The van der Waals surface area contributed by atoms with E-state index in [0.717, 1.165) is 4.68 Å². The average Bonchev–Trinajstić information content (AvgIpc) is 2.75. The molecule has 1 aliphatic heterocycles. The molecule has 0 spiro atoms. The molecular formula is C15H17N3O4S. The van der Waals surface area contributed by atoms with Crippen LogP contribution in [-0.2, 0) is 21.2 Å². The number of rotatable bonds is 3. The van der Waals surface area contributed by atoms with E-state index in [1.807, 2.05) is 6.07 Å². The quantitative estimate of drug-likeness (QED) is 0.857. The van der Waals surface area contributed by atoms with Crippen LogP contribution in [0.4, 0.5) is 0 Å². The first-order valence-electron chi connectivity index (χ1n) is 7.24. The lowest BCUT2D eigenvalue weighted by Gasteiger charge is -2.23. The third-order valence-electron chi connectivity index (χ3n) is 4.00. The summed E-state index contributed by atoms with van der Waals surface area (Å²) >= 11 is 0. The maximum absolute atomic E-state index is 12.3.